The number of nitrogens with one attached hydrogen (secondary N) is 1. The standard InChI is InChI=1S/C23H35NO4/c1-21-7-5-15(25)10-14(21)3-4-17-18(21)11-19(26)22(2)16(6-8-23(17,22)28)13-9-20(27)24-12-13/h9,14-19,25-26,28H,3-8,10-12H2,1-2H3,(H,24,27). The molecular weight excluding hydrogens is 354 g/mol. The highest BCUT2D eigenvalue weighted by Crippen LogP contribution is 2.69. The summed E-state index contributed by atoms with van der Waals surface area (Å²) < 4.78 is 0. The molecule has 1 amide bonds. The molecule has 5 heteroatoms. The molecule has 4 N–H and O–H groups in total. The Hall–Kier alpha value is -0.910. The van der Waals surface area contributed by atoms with Crippen molar-refractivity contribution in [2.45, 2.75) is 83.0 Å². The van der Waals surface area contributed by atoms with Crippen molar-refractivity contribution in [2.24, 2.45) is 34.5 Å². The van der Waals surface area contributed by atoms with Crippen molar-refractivity contribution in [3.8, 4) is 0 Å². The second kappa shape index (κ2) is 6.05. The van der Waals surface area contributed by atoms with Gasteiger partial charge in [-0.15, -0.1) is 0 Å². The quantitative estimate of drug-likeness (QED) is 0.553. The van der Waals surface area contributed by atoms with Crippen LogP contribution in [0.3, 0.4) is 0 Å². The van der Waals surface area contributed by atoms with Crippen LogP contribution in [0.15, 0.2) is 11.6 Å². The van der Waals surface area contributed by atoms with Gasteiger partial charge in [0.1, 0.15) is 0 Å². The van der Waals surface area contributed by atoms with Gasteiger partial charge < -0.3 is 20.6 Å². The lowest BCUT2D eigenvalue weighted by Crippen LogP contribution is -2.67. The van der Waals surface area contributed by atoms with Crippen LogP contribution in [0.2, 0.25) is 0 Å². The van der Waals surface area contributed by atoms with Crippen molar-refractivity contribution in [1.29, 1.82) is 0 Å². The van der Waals surface area contributed by atoms with E-state index < -0.39 is 17.1 Å². The fourth-order valence-corrected chi connectivity index (χ4v) is 8.46. The molecule has 4 aliphatic carbocycles. The molecule has 1 aliphatic heterocycles. The van der Waals surface area contributed by atoms with Gasteiger partial charge in [0.2, 0.25) is 5.91 Å². The van der Waals surface area contributed by atoms with Gasteiger partial charge in [0, 0.05) is 18.0 Å². The van der Waals surface area contributed by atoms with Crippen molar-refractivity contribution >= 4 is 5.91 Å². The highest BCUT2D eigenvalue weighted by atomic mass is 16.3. The average molecular weight is 390 g/mol. The first-order valence-corrected chi connectivity index (χ1v) is 11.3. The Morgan fingerprint density at radius 1 is 1.04 bits per heavy atom. The van der Waals surface area contributed by atoms with Gasteiger partial charge in [-0.25, -0.2) is 0 Å². The highest BCUT2D eigenvalue weighted by Gasteiger charge is 2.70. The van der Waals surface area contributed by atoms with Gasteiger partial charge in [-0.2, -0.15) is 0 Å². The Morgan fingerprint density at radius 3 is 2.54 bits per heavy atom. The summed E-state index contributed by atoms with van der Waals surface area (Å²) in [7, 11) is 0. The summed E-state index contributed by atoms with van der Waals surface area (Å²) in [4.78, 5) is 11.8. The van der Waals surface area contributed by atoms with Crippen molar-refractivity contribution in [3.05, 3.63) is 11.6 Å². The zero-order valence-corrected chi connectivity index (χ0v) is 17.2. The number of carbonyl (C=O) groups is 1. The van der Waals surface area contributed by atoms with Crippen molar-refractivity contribution < 1.29 is 20.1 Å². The smallest absolute Gasteiger partial charge is 0.244 e. The zero-order chi connectivity index (χ0) is 19.9. The molecule has 5 aliphatic rings. The molecule has 0 saturated heterocycles. The molecule has 0 spiro atoms. The summed E-state index contributed by atoms with van der Waals surface area (Å²) in [6.07, 6.45) is 7.98. The van der Waals surface area contributed by atoms with Crippen LogP contribution in [-0.4, -0.2) is 45.6 Å². The molecule has 0 aromatic rings. The Labute approximate surface area is 167 Å². The van der Waals surface area contributed by atoms with Crippen molar-refractivity contribution in [1.82, 2.24) is 5.32 Å². The number of aliphatic hydroxyl groups excluding tert-OH is 2. The molecule has 5 nitrogen and oxygen atoms in total. The van der Waals surface area contributed by atoms with Crippen LogP contribution in [0.5, 0.6) is 0 Å². The van der Waals surface area contributed by atoms with Gasteiger partial charge in [0.15, 0.2) is 0 Å². The molecule has 5 rings (SSSR count). The summed E-state index contributed by atoms with van der Waals surface area (Å²) in [6.45, 7) is 4.98. The van der Waals surface area contributed by atoms with Crippen LogP contribution in [-0.2, 0) is 4.79 Å². The van der Waals surface area contributed by atoms with Crippen LogP contribution < -0.4 is 5.32 Å². The minimum atomic E-state index is -0.878. The fourth-order valence-electron chi connectivity index (χ4n) is 8.46. The lowest BCUT2D eigenvalue weighted by molar-refractivity contribution is -0.244. The second-order valence-electron chi connectivity index (χ2n) is 10.9. The second-order valence-corrected chi connectivity index (χ2v) is 10.9. The summed E-state index contributed by atoms with van der Waals surface area (Å²) in [5, 5.41) is 36.7. The number of hydrogen-bond acceptors (Lipinski definition) is 4. The Kier molecular flexibility index (Phi) is 4.12. The minimum Gasteiger partial charge on any atom is -0.393 e. The molecular formula is C23H35NO4. The van der Waals surface area contributed by atoms with E-state index in [2.05, 4.69) is 19.2 Å². The van der Waals surface area contributed by atoms with E-state index in [9.17, 15) is 20.1 Å². The third-order valence-electron chi connectivity index (χ3n) is 10.1. The van der Waals surface area contributed by atoms with Gasteiger partial charge >= 0.3 is 0 Å². The van der Waals surface area contributed by atoms with E-state index in [1.54, 1.807) is 6.08 Å². The van der Waals surface area contributed by atoms with Crippen molar-refractivity contribution in [3.63, 3.8) is 0 Å². The van der Waals surface area contributed by atoms with Gasteiger partial charge in [-0.05, 0) is 86.0 Å². The predicted molar refractivity (Wildman–Crippen MR) is 105 cm³/mol. The first kappa shape index (κ1) is 19.1. The monoisotopic (exact) mass is 389 g/mol. The Morgan fingerprint density at radius 2 is 1.82 bits per heavy atom. The first-order valence-electron chi connectivity index (χ1n) is 11.3. The van der Waals surface area contributed by atoms with E-state index in [-0.39, 0.29) is 29.3 Å². The van der Waals surface area contributed by atoms with Gasteiger partial charge in [-0.1, -0.05) is 13.8 Å². The van der Waals surface area contributed by atoms with E-state index in [1.165, 1.54) is 0 Å². The van der Waals surface area contributed by atoms with E-state index in [0.717, 1.165) is 50.5 Å². The molecule has 156 valence electrons. The molecule has 0 radical (unpaired) electrons. The number of rotatable bonds is 1. The maximum Gasteiger partial charge on any atom is 0.244 e. The third kappa shape index (κ3) is 2.27. The number of carbonyl (C=O) groups excluding carboxylic acids is 1. The molecule has 0 aromatic heterocycles. The molecule has 9 atom stereocenters. The fraction of sp³-hybridized carbons (Fsp3) is 0.870. The maximum atomic E-state index is 12.1. The first-order chi connectivity index (χ1) is 13.2. The van der Waals surface area contributed by atoms with Crippen LogP contribution in [0.1, 0.15) is 65.2 Å². The number of fused-ring (bicyclic) bond motifs is 5. The number of amides is 1. The predicted octanol–water partition coefficient (Wildman–Crippen LogP) is 2.15. The topological polar surface area (TPSA) is 89.8 Å². The van der Waals surface area contributed by atoms with E-state index in [4.69, 9.17) is 0 Å². The summed E-state index contributed by atoms with van der Waals surface area (Å²) in [5.41, 5.74) is -0.315. The molecule has 4 fully saturated rings. The molecule has 4 saturated carbocycles. The van der Waals surface area contributed by atoms with Crippen molar-refractivity contribution in [2.75, 3.05) is 6.54 Å². The number of aliphatic hydroxyl groups is 3. The summed E-state index contributed by atoms with van der Waals surface area (Å²) >= 11 is 0. The Balaban J connectivity index is 1.51. The van der Waals surface area contributed by atoms with Crippen LogP contribution >= 0.6 is 0 Å². The van der Waals surface area contributed by atoms with E-state index in [1.807, 2.05) is 0 Å². The summed E-state index contributed by atoms with van der Waals surface area (Å²) in [5.74, 6) is 1.02. The lowest BCUT2D eigenvalue weighted by atomic mass is 9.42. The Bertz CT molecular complexity index is 721. The molecule has 1 heterocycles. The third-order valence-corrected chi connectivity index (χ3v) is 10.1. The van der Waals surface area contributed by atoms with Gasteiger partial charge in [-0.3, -0.25) is 4.79 Å². The minimum absolute atomic E-state index is 0.0500. The average Bonchev–Trinajstić information content (AvgIpc) is 3.19. The molecule has 0 bridgehead atoms. The molecule has 9 unspecified atom stereocenters. The van der Waals surface area contributed by atoms with Gasteiger partial charge in [0.05, 0.1) is 17.8 Å². The van der Waals surface area contributed by atoms with Crippen LogP contribution in [0.25, 0.3) is 0 Å². The SMILES string of the molecule is CC12CCC(O)CC1CCC1C2CC(O)C2(C)C(C3=CC(=O)NC3)CCC12O. The van der Waals surface area contributed by atoms with E-state index >= 15 is 0 Å². The lowest BCUT2D eigenvalue weighted by Gasteiger charge is -2.65. The number of hydrogen-bond donors (Lipinski definition) is 4. The largest absolute Gasteiger partial charge is 0.393 e. The summed E-state index contributed by atoms with van der Waals surface area (Å²) in [6, 6.07) is 0. The van der Waals surface area contributed by atoms with Crippen LogP contribution in [0.4, 0.5) is 0 Å². The van der Waals surface area contributed by atoms with E-state index in [0.29, 0.717) is 24.8 Å². The molecule has 0 aromatic carbocycles. The van der Waals surface area contributed by atoms with Crippen LogP contribution in [0, 0.1) is 34.5 Å². The normalized spacial score (nSPS) is 55.8. The zero-order valence-electron chi connectivity index (χ0n) is 17.2. The van der Waals surface area contributed by atoms with Gasteiger partial charge in [0.25, 0.3) is 0 Å². The highest BCUT2D eigenvalue weighted by molar-refractivity contribution is 5.91. The maximum absolute atomic E-state index is 12.1. The molecule has 28 heavy (non-hydrogen) atoms.